The molecular weight excluding hydrogens is 382 g/mol. The second-order valence-electron chi connectivity index (χ2n) is 5.63. The Bertz CT molecular complexity index is 1180. The summed E-state index contributed by atoms with van der Waals surface area (Å²) in [6.07, 6.45) is 0. The minimum atomic E-state index is -4.74. The first-order valence-electron chi connectivity index (χ1n) is 7.57. The van der Waals surface area contributed by atoms with Crippen molar-refractivity contribution in [2.45, 2.75) is 17.6 Å². The van der Waals surface area contributed by atoms with Gasteiger partial charge in [-0.3, -0.25) is 0 Å². The van der Waals surface area contributed by atoms with Gasteiger partial charge >= 0.3 is 17.4 Å². The molecule has 0 bridgehead atoms. The van der Waals surface area contributed by atoms with E-state index in [0.29, 0.717) is 10.9 Å². The molecule has 1 aromatic heterocycles. The van der Waals surface area contributed by atoms with Gasteiger partial charge in [0.15, 0.2) is 0 Å². The lowest BCUT2D eigenvalue weighted by atomic mass is 10.1. The molecule has 27 heavy (non-hydrogen) atoms. The Balaban J connectivity index is 1.85. The van der Waals surface area contributed by atoms with Crippen molar-refractivity contribution in [2.75, 3.05) is 0 Å². The van der Waals surface area contributed by atoms with Gasteiger partial charge in [-0.1, -0.05) is 0 Å². The average Bonchev–Trinajstić information content (AvgIpc) is 2.61. The number of alkyl halides is 2. The van der Waals surface area contributed by atoms with Crippen LogP contribution in [0.1, 0.15) is 15.9 Å². The van der Waals surface area contributed by atoms with Gasteiger partial charge in [0.1, 0.15) is 11.3 Å². The Morgan fingerprint density at radius 2 is 1.74 bits per heavy atom. The van der Waals surface area contributed by atoms with Crippen molar-refractivity contribution < 1.29 is 31.1 Å². The number of carbonyl (C=O) groups excluding carboxylic acids is 1. The molecule has 1 heterocycles. The summed E-state index contributed by atoms with van der Waals surface area (Å²) in [5.41, 5.74) is 0.368. The number of ether oxygens (including phenoxy) is 1. The zero-order valence-electron chi connectivity index (χ0n) is 13.8. The van der Waals surface area contributed by atoms with Crippen molar-refractivity contribution in [3.05, 3.63) is 70.1 Å². The largest absolute Gasteiger partial charge is 0.423 e. The van der Waals surface area contributed by atoms with Crippen LogP contribution in [0.2, 0.25) is 0 Å². The fraction of sp³-hybridized carbons (Fsp3) is 0.111. The molecule has 3 rings (SSSR count). The predicted octanol–water partition coefficient (Wildman–Crippen LogP) is 3.32. The van der Waals surface area contributed by atoms with Crippen LogP contribution in [0.5, 0.6) is 5.75 Å². The summed E-state index contributed by atoms with van der Waals surface area (Å²) < 4.78 is 58.0. The van der Waals surface area contributed by atoms with Crippen LogP contribution in [0.25, 0.3) is 11.0 Å². The molecule has 0 unspecified atom stereocenters. The van der Waals surface area contributed by atoms with Crippen LogP contribution < -0.4 is 10.4 Å². The normalized spacial score (nSPS) is 11.7. The highest BCUT2D eigenvalue weighted by Gasteiger charge is 2.26. The van der Waals surface area contributed by atoms with Crippen LogP contribution in [0.3, 0.4) is 0 Å². The van der Waals surface area contributed by atoms with E-state index in [1.165, 1.54) is 18.2 Å². The van der Waals surface area contributed by atoms with Gasteiger partial charge in [0.2, 0.25) is 9.84 Å². The second kappa shape index (κ2) is 6.92. The minimum absolute atomic E-state index is 0.0333. The number of sulfone groups is 1. The third-order valence-corrected chi connectivity index (χ3v) is 5.18. The second-order valence-corrected chi connectivity index (χ2v) is 7.54. The zero-order chi connectivity index (χ0) is 19.8. The molecule has 9 heteroatoms. The summed E-state index contributed by atoms with van der Waals surface area (Å²) in [4.78, 5) is 23.0. The van der Waals surface area contributed by atoms with Crippen LogP contribution >= 0.6 is 0 Å². The summed E-state index contributed by atoms with van der Waals surface area (Å²) in [6.45, 7) is 1.74. The van der Waals surface area contributed by atoms with Gasteiger partial charge in [-0.2, -0.15) is 8.78 Å². The Morgan fingerprint density at radius 1 is 1.07 bits per heavy atom. The van der Waals surface area contributed by atoms with Crippen molar-refractivity contribution in [1.82, 2.24) is 0 Å². The summed E-state index contributed by atoms with van der Waals surface area (Å²) >= 11 is 0. The molecule has 0 radical (unpaired) electrons. The van der Waals surface area contributed by atoms with Gasteiger partial charge in [0.05, 0.1) is 10.5 Å². The first-order chi connectivity index (χ1) is 12.7. The van der Waals surface area contributed by atoms with E-state index in [-0.39, 0.29) is 16.9 Å². The fourth-order valence-corrected chi connectivity index (χ4v) is 3.14. The quantitative estimate of drug-likeness (QED) is 0.383. The standard InChI is InChI=1S/C18H12F2O6S/c1-10-8-16(21)26-15-9-12(4-7-14(10)15)25-17(22)11-2-5-13(6-3-11)27(23,24)18(19)20/h2-9,18H,1H3. The Labute approximate surface area is 151 Å². The maximum Gasteiger partial charge on any atom is 0.343 e. The lowest BCUT2D eigenvalue weighted by molar-refractivity contribution is 0.0735. The number of benzene rings is 2. The molecule has 0 fully saturated rings. The van der Waals surface area contributed by atoms with E-state index in [1.807, 2.05) is 0 Å². The molecule has 0 saturated carbocycles. The number of hydrogen-bond acceptors (Lipinski definition) is 6. The zero-order valence-corrected chi connectivity index (χ0v) is 14.6. The minimum Gasteiger partial charge on any atom is -0.423 e. The lowest BCUT2D eigenvalue weighted by Crippen LogP contribution is -2.12. The van der Waals surface area contributed by atoms with E-state index in [1.54, 1.807) is 13.0 Å². The van der Waals surface area contributed by atoms with Gasteiger partial charge in [0.25, 0.3) is 0 Å². The maximum absolute atomic E-state index is 12.5. The number of rotatable bonds is 4. The van der Waals surface area contributed by atoms with Crippen LogP contribution in [-0.2, 0) is 9.84 Å². The molecule has 140 valence electrons. The summed E-state index contributed by atoms with van der Waals surface area (Å²) in [5.74, 6) is -4.28. The molecule has 0 aliphatic rings. The van der Waals surface area contributed by atoms with Gasteiger partial charge < -0.3 is 9.15 Å². The van der Waals surface area contributed by atoms with Crippen molar-refractivity contribution >= 4 is 26.8 Å². The molecule has 0 aliphatic heterocycles. The van der Waals surface area contributed by atoms with Crippen molar-refractivity contribution in [3.63, 3.8) is 0 Å². The smallest absolute Gasteiger partial charge is 0.343 e. The van der Waals surface area contributed by atoms with Crippen LogP contribution in [0.15, 0.2) is 62.6 Å². The number of fused-ring (bicyclic) bond motifs is 1. The highest BCUT2D eigenvalue weighted by atomic mass is 32.2. The van der Waals surface area contributed by atoms with Crippen molar-refractivity contribution in [1.29, 1.82) is 0 Å². The molecule has 6 nitrogen and oxygen atoms in total. The number of carbonyl (C=O) groups is 1. The molecule has 0 saturated heterocycles. The average molecular weight is 394 g/mol. The topological polar surface area (TPSA) is 90.7 Å². The lowest BCUT2D eigenvalue weighted by Gasteiger charge is -2.07. The third kappa shape index (κ3) is 3.72. The first-order valence-corrected chi connectivity index (χ1v) is 9.12. The maximum atomic E-state index is 12.5. The number of halogens is 2. The van der Waals surface area contributed by atoms with Gasteiger partial charge in [-0.05, 0) is 48.9 Å². The van der Waals surface area contributed by atoms with E-state index in [0.717, 1.165) is 24.3 Å². The Morgan fingerprint density at radius 3 is 2.37 bits per heavy atom. The van der Waals surface area contributed by atoms with E-state index in [9.17, 15) is 26.8 Å². The molecule has 0 N–H and O–H groups in total. The molecule has 0 spiro atoms. The highest BCUT2D eigenvalue weighted by molar-refractivity contribution is 7.91. The number of aryl methyl sites for hydroxylation is 1. The SMILES string of the molecule is Cc1cc(=O)oc2cc(OC(=O)c3ccc(S(=O)(=O)C(F)F)cc3)ccc12. The molecule has 0 aliphatic carbocycles. The summed E-state index contributed by atoms with van der Waals surface area (Å²) in [5, 5.41) is 0.677. The van der Waals surface area contributed by atoms with Gasteiger partial charge in [-0.15, -0.1) is 0 Å². The van der Waals surface area contributed by atoms with E-state index >= 15 is 0 Å². The molecule has 2 aromatic carbocycles. The Hall–Kier alpha value is -3.07. The van der Waals surface area contributed by atoms with Crippen molar-refractivity contribution in [3.8, 4) is 5.75 Å². The molecule has 0 atom stereocenters. The molecule has 3 aromatic rings. The highest BCUT2D eigenvalue weighted by Crippen LogP contribution is 2.23. The third-order valence-electron chi connectivity index (χ3n) is 3.79. The van der Waals surface area contributed by atoms with Gasteiger partial charge in [-0.25, -0.2) is 18.0 Å². The molecule has 0 amide bonds. The summed E-state index contributed by atoms with van der Waals surface area (Å²) in [7, 11) is -4.74. The van der Waals surface area contributed by atoms with Crippen LogP contribution in [0, 0.1) is 6.92 Å². The number of esters is 1. The van der Waals surface area contributed by atoms with E-state index in [4.69, 9.17) is 9.15 Å². The number of hydrogen-bond donors (Lipinski definition) is 0. The molecular formula is C18H12F2O6S. The summed E-state index contributed by atoms with van der Waals surface area (Å²) in [6, 6.07) is 9.78. The van der Waals surface area contributed by atoms with E-state index < -0.39 is 32.1 Å². The van der Waals surface area contributed by atoms with Crippen LogP contribution in [0.4, 0.5) is 8.78 Å². The monoisotopic (exact) mass is 394 g/mol. The fourth-order valence-electron chi connectivity index (χ4n) is 2.42. The Kier molecular flexibility index (Phi) is 4.79. The van der Waals surface area contributed by atoms with Crippen molar-refractivity contribution in [2.24, 2.45) is 0 Å². The first kappa shape index (κ1) is 18.7. The van der Waals surface area contributed by atoms with Crippen LogP contribution in [-0.4, -0.2) is 20.1 Å². The van der Waals surface area contributed by atoms with Gasteiger partial charge in [0, 0.05) is 17.5 Å². The predicted molar refractivity (Wildman–Crippen MR) is 91.8 cm³/mol. The van der Waals surface area contributed by atoms with E-state index in [2.05, 4.69) is 0 Å².